The fraction of sp³-hybridized carbons (Fsp3) is 0.105. The third kappa shape index (κ3) is 4.16. The number of hydrogen-bond acceptors (Lipinski definition) is 5. The molecule has 0 spiro atoms. The number of benzene rings is 2. The standard InChI is InChI=1S/C19H14Cl2N4O2S/c20-15-5-1-3-13(9-15)11-27-18-17-22-7-8-25(17)19(24-23-18)28(26)12-14-4-2-6-16(21)10-14/h1-10H,11-12H2. The van der Waals surface area contributed by atoms with Crippen molar-refractivity contribution in [3.8, 4) is 5.88 Å². The molecule has 6 nitrogen and oxygen atoms in total. The van der Waals surface area contributed by atoms with Crippen LogP contribution in [0.5, 0.6) is 5.88 Å². The maximum absolute atomic E-state index is 12.8. The van der Waals surface area contributed by atoms with Crippen molar-refractivity contribution in [1.82, 2.24) is 19.6 Å². The van der Waals surface area contributed by atoms with Crippen LogP contribution >= 0.6 is 23.2 Å². The van der Waals surface area contributed by atoms with Crippen LogP contribution in [0.15, 0.2) is 66.1 Å². The van der Waals surface area contributed by atoms with E-state index in [4.69, 9.17) is 27.9 Å². The Bertz CT molecular complexity index is 1170. The molecule has 0 N–H and O–H groups in total. The number of nitrogens with zero attached hydrogens (tertiary/aromatic N) is 4. The third-order valence-corrected chi connectivity index (χ3v) is 5.67. The Morgan fingerprint density at radius 1 is 1.00 bits per heavy atom. The fourth-order valence-electron chi connectivity index (χ4n) is 2.67. The summed E-state index contributed by atoms with van der Waals surface area (Å²) in [6.07, 6.45) is 3.27. The molecule has 2 aromatic heterocycles. The number of imidazole rings is 1. The minimum absolute atomic E-state index is 0.258. The van der Waals surface area contributed by atoms with Gasteiger partial charge in [-0.2, -0.15) is 0 Å². The first kappa shape index (κ1) is 18.9. The summed E-state index contributed by atoms with van der Waals surface area (Å²) in [5.74, 6) is 0.527. The zero-order valence-corrected chi connectivity index (χ0v) is 16.8. The van der Waals surface area contributed by atoms with Crippen LogP contribution in [0.4, 0.5) is 0 Å². The van der Waals surface area contributed by atoms with E-state index in [-0.39, 0.29) is 18.2 Å². The number of hydrogen-bond donors (Lipinski definition) is 0. The smallest absolute Gasteiger partial charge is 0.278 e. The zero-order valence-electron chi connectivity index (χ0n) is 14.5. The van der Waals surface area contributed by atoms with Gasteiger partial charge in [0.1, 0.15) is 6.61 Å². The molecule has 4 rings (SSSR count). The molecule has 2 heterocycles. The van der Waals surface area contributed by atoms with Crippen molar-refractivity contribution in [2.75, 3.05) is 0 Å². The first-order valence-electron chi connectivity index (χ1n) is 8.30. The lowest BCUT2D eigenvalue weighted by atomic mass is 10.2. The molecule has 0 aliphatic heterocycles. The van der Waals surface area contributed by atoms with Gasteiger partial charge >= 0.3 is 0 Å². The second-order valence-electron chi connectivity index (χ2n) is 5.95. The molecule has 0 radical (unpaired) electrons. The Morgan fingerprint density at radius 3 is 2.46 bits per heavy atom. The van der Waals surface area contributed by atoms with Crippen LogP contribution in [0.1, 0.15) is 11.1 Å². The number of ether oxygens (including phenoxy) is 1. The number of fused-ring (bicyclic) bond motifs is 1. The molecule has 0 amide bonds. The molecule has 0 saturated carbocycles. The molecular formula is C19H14Cl2N4O2S. The van der Waals surface area contributed by atoms with E-state index in [9.17, 15) is 4.21 Å². The van der Waals surface area contributed by atoms with Crippen LogP contribution in [0.3, 0.4) is 0 Å². The summed E-state index contributed by atoms with van der Waals surface area (Å²) in [6.45, 7) is 0.267. The molecule has 4 aromatic rings. The van der Waals surface area contributed by atoms with E-state index in [1.807, 2.05) is 30.3 Å². The SMILES string of the molecule is O=S(Cc1cccc(Cl)c1)c1nnc(OCc2cccc(Cl)c2)c2nccn12. The van der Waals surface area contributed by atoms with Crippen LogP contribution in [0.25, 0.3) is 5.65 Å². The Labute approximate surface area is 173 Å². The molecule has 1 unspecified atom stereocenters. The average Bonchev–Trinajstić information content (AvgIpc) is 3.16. The third-order valence-electron chi connectivity index (χ3n) is 3.92. The second kappa shape index (κ2) is 8.26. The zero-order chi connectivity index (χ0) is 19.5. The first-order chi connectivity index (χ1) is 13.6. The van der Waals surface area contributed by atoms with Gasteiger partial charge in [-0.05, 0) is 35.4 Å². The van der Waals surface area contributed by atoms with Crippen molar-refractivity contribution in [1.29, 1.82) is 0 Å². The van der Waals surface area contributed by atoms with Crippen LogP contribution < -0.4 is 4.74 Å². The van der Waals surface area contributed by atoms with Gasteiger partial charge in [0.2, 0.25) is 10.8 Å². The minimum atomic E-state index is -1.43. The van der Waals surface area contributed by atoms with Gasteiger partial charge in [-0.3, -0.25) is 8.61 Å². The van der Waals surface area contributed by atoms with Crippen molar-refractivity contribution in [3.05, 3.63) is 82.1 Å². The van der Waals surface area contributed by atoms with Crippen LogP contribution in [-0.4, -0.2) is 23.8 Å². The van der Waals surface area contributed by atoms with Crippen LogP contribution in [0.2, 0.25) is 10.0 Å². The van der Waals surface area contributed by atoms with Gasteiger partial charge in [0.05, 0.1) is 16.6 Å². The Morgan fingerprint density at radius 2 is 1.71 bits per heavy atom. The fourth-order valence-corrected chi connectivity index (χ4v) is 4.20. The number of aromatic nitrogens is 4. The van der Waals surface area contributed by atoms with Crippen LogP contribution in [-0.2, 0) is 23.2 Å². The maximum Gasteiger partial charge on any atom is 0.278 e. The van der Waals surface area contributed by atoms with Crippen molar-refractivity contribution in [2.45, 2.75) is 17.5 Å². The van der Waals surface area contributed by atoms with Crippen LogP contribution in [0, 0.1) is 0 Å². The molecule has 142 valence electrons. The lowest BCUT2D eigenvalue weighted by Gasteiger charge is -2.09. The van der Waals surface area contributed by atoms with Crippen molar-refractivity contribution >= 4 is 39.6 Å². The topological polar surface area (TPSA) is 69.4 Å². The predicted molar refractivity (Wildman–Crippen MR) is 108 cm³/mol. The van der Waals surface area contributed by atoms with E-state index in [0.29, 0.717) is 20.8 Å². The Kier molecular flexibility index (Phi) is 5.57. The van der Waals surface area contributed by atoms with E-state index in [1.54, 1.807) is 35.0 Å². The summed E-state index contributed by atoms with van der Waals surface area (Å²) in [6, 6.07) is 14.6. The largest absolute Gasteiger partial charge is 0.469 e. The molecule has 1 atom stereocenters. The average molecular weight is 433 g/mol. The minimum Gasteiger partial charge on any atom is -0.469 e. The van der Waals surface area contributed by atoms with Gasteiger partial charge in [-0.15, -0.1) is 10.2 Å². The highest BCUT2D eigenvalue weighted by molar-refractivity contribution is 7.84. The summed E-state index contributed by atoms with van der Waals surface area (Å²) >= 11 is 12.0. The number of halogens is 2. The summed E-state index contributed by atoms with van der Waals surface area (Å²) in [5.41, 5.74) is 2.20. The summed E-state index contributed by atoms with van der Waals surface area (Å²) in [5, 5.41) is 9.72. The van der Waals surface area contributed by atoms with Gasteiger partial charge in [0, 0.05) is 22.4 Å². The molecule has 0 saturated heterocycles. The van der Waals surface area contributed by atoms with Crippen molar-refractivity contribution in [3.63, 3.8) is 0 Å². The molecule has 0 aliphatic carbocycles. The normalized spacial score (nSPS) is 12.2. The van der Waals surface area contributed by atoms with E-state index in [1.165, 1.54) is 0 Å². The predicted octanol–water partition coefficient (Wildman–Crippen LogP) is 4.32. The molecule has 0 aliphatic rings. The lowest BCUT2D eigenvalue weighted by Crippen LogP contribution is -2.09. The van der Waals surface area contributed by atoms with Gasteiger partial charge in [-0.25, -0.2) is 4.98 Å². The first-order valence-corrected chi connectivity index (χ1v) is 10.4. The second-order valence-corrected chi connectivity index (χ2v) is 8.16. The van der Waals surface area contributed by atoms with Gasteiger partial charge in [-0.1, -0.05) is 47.5 Å². The quantitative estimate of drug-likeness (QED) is 0.453. The van der Waals surface area contributed by atoms with E-state index < -0.39 is 10.8 Å². The van der Waals surface area contributed by atoms with Crippen molar-refractivity contribution in [2.24, 2.45) is 0 Å². The van der Waals surface area contributed by atoms with E-state index in [2.05, 4.69) is 15.2 Å². The Hall–Kier alpha value is -2.48. The van der Waals surface area contributed by atoms with Gasteiger partial charge < -0.3 is 4.74 Å². The van der Waals surface area contributed by atoms with Gasteiger partial charge in [0.15, 0.2) is 0 Å². The molecule has 0 bridgehead atoms. The van der Waals surface area contributed by atoms with Gasteiger partial charge in [0.25, 0.3) is 5.88 Å². The number of rotatable bonds is 6. The molecular weight excluding hydrogens is 419 g/mol. The molecule has 0 fully saturated rings. The highest BCUT2D eigenvalue weighted by Gasteiger charge is 2.17. The van der Waals surface area contributed by atoms with Crippen molar-refractivity contribution < 1.29 is 8.95 Å². The molecule has 28 heavy (non-hydrogen) atoms. The monoisotopic (exact) mass is 432 g/mol. The highest BCUT2D eigenvalue weighted by Crippen LogP contribution is 2.21. The summed E-state index contributed by atoms with van der Waals surface area (Å²) in [7, 11) is -1.43. The molecule has 2 aromatic carbocycles. The highest BCUT2D eigenvalue weighted by atomic mass is 35.5. The lowest BCUT2D eigenvalue weighted by molar-refractivity contribution is 0.290. The molecule has 9 heteroatoms. The summed E-state index contributed by atoms with van der Waals surface area (Å²) < 4.78 is 20.2. The maximum atomic E-state index is 12.8. The van der Waals surface area contributed by atoms with E-state index in [0.717, 1.165) is 11.1 Å². The van der Waals surface area contributed by atoms with E-state index >= 15 is 0 Å². The summed E-state index contributed by atoms with van der Waals surface area (Å²) in [4.78, 5) is 4.27. The Balaban J connectivity index is 1.57.